The summed E-state index contributed by atoms with van der Waals surface area (Å²) < 4.78 is 20.5. The van der Waals surface area contributed by atoms with E-state index in [1.54, 1.807) is 6.92 Å². The molecule has 1 heterocycles. The van der Waals surface area contributed by atoms with E-state index >= 15 is 0 Å². The minimum atomic E-state index is -1.77. The number of hydrogen-bond donors (Lipinski definition) is 0. The normalized spacial score (nSPS) is 18.4. The smallest absolute Gasteiger partial charge is 0.326 e. The van der Waals surface area contributed by atoms with E-state index in [0.29, 0.717) is 0 Å². The highest BCUT2D eigenvalue weighted by Gasteiger charge is 2.57. The summed E-state index contributed by atoms with van der Waals surface area (Å²) in [5, 5.41) is 0. The third-order valence-electron chi connectivity index (χ3n) is 4.33. The summed E-state index contributed by atoms with van der Waals surface area (Å²) in [6.07, 6.45) is -1.29. The number of carbonyl (C=O) groups is 3. The van der Waals surface area contributed by atoms with Gasteiger partial charge in [-0.2, -0.15) is 0 Å². The van der Waals surface area contributed by atoms with E-state index in [-0.39, 0.29) is 26.1 Å². The zero-order chi connectivity index (χ0) is 18.4. The quantitative estimate of drug-likeness (QED) is 0.451. The number of benzene rings is 1. The fraction of sp³-hybridized carbons (Fsp3) is 0.500. The van der Waals surface area contributed by atoms with E-state index in [1.165, 1.54) is 14.2 Å². The van der Waals surface area contributed by atoms with Crippen molar-refractivity contribution in [1.82, 2.24) is 0 Å². The Morgan fingerprint density at radius 1 is 1.12 bits per heavy atom. The van der Waals surface area contributed by atoms with Crippen LogP contribution in [0.5, 0.6) is 0 Å². The van der Waals surface area contributed by atoms with Crippen LogP contribution < -0.4 is 0 Å². The molecule has 7 nitrogen and oxygen atoms in total. The van der Waals surface area contributed by atoms with Gasteiger partial charge in [0.2, 0.25) is 0 Å². The molecule has 0 aliphatic carbocycles. The monoisotopic (exact) mass is 350 g/mol. The van der Waals surface area contributed by atoms with Crippen molar-refractivity contribution >= 4 is 17.9 Å². The summed E-state index contributed by atoms with van der Waals surface area (Å²) in [4.78, 5) is 37.3. The van der Waals surface area contributed by atoms with E-state index in [2.05, 4.69) is 0 Å². The van der Waals surface area contributed by atoms with Gasteiger partial charge in [0.05, 0.1) is 40.0 Å². The van der Waals surface area contributed by atoms with Gasteiger partial charge < -0.3 is 18.9 Å². The molecule has 0 bridgehead atoms. The average Bonchev–Trinajstić information content (AvgIpc) is 2.78. The van der Waals surface area contributed by atoms with Gasteiger partial charge in [-0.3, -0.25) is 14.4 Å². The van der Waals surface area contributed by atoms with Gasteiger partial charge in [-0.15, -0.1) is 0 Å². The van der Waals surface area contributed by atoms with E-state index < -0.39 is 29.4 Å². The van der Waals surface area contributed by atoms with Crippen LogP contribution in [0, 0.1) is 5.41 Å². The predicted octanol–water partition coefficient (Wildman–Crippen LogP) is 1.41. The second-order valence-electron chi connectivity index (χ2n) is 5.71. The standard InChI is InChI=1S/C18H22O7/c1-4-24-15(19)9-14-18(16(20)22-2,17(21)23-3)10-12-7-5-6-8-13(12)11-25-14/h5-8,14H,4,9-11H2,1-3H3. The molecule has 2 rings (SSSR count). The van der Waals surface area contributed by atoms with Crippen molar-refractivity contribution in [3.05, 3.63) is 35.4 Å². The Morgan fingerprint density at radius 2 is 1.72 bits per heavy atom. The molecule has 0 fully saturated rings. The summed E-state index contributed by atoms with van der Waals surface area (Å²) in [6.45, 7) is 2.03. The number of methoxy groups -OCH3 is 2. The fourth-order valence-electron chi connectivity index (χ4n) is 3.08. The summed E-state index contributed by atoms with van der Waals surface area (Å²) in [7, 11) is 2.37. The van der Waals surface area contributed by atoms with E-state index in [4.69, 9.17) is 18.9 Å². The van der Waals surface area contributed by atoms with E-state index in [9.17, 15) is 14.4 Å². The van der Waals surface area contributed by atoms with Crippen LogP contribution in [0.4, 0.5) is 0 Å². The molecule has 0 amide bonds. The third-order valence-corrected chi connectivity index (χ3v) is 4.33. The second kappa shape index (κ2) is 8.11. The summed E-state index contributed by atoms with van der Waals surface area (Å²) >= 11 is 0. The molecule has 0 saturated carbocycles. The maximum Gasteiger partial charge on any atom is 0.326 e. The van der Waals surface area contributed by atoms with Crippen molar-refractivity contribution in [2.24, 2.45) is 5.41 Å². The van der Waals surface area contributed by atoms with Crippen molar-refractivity contribution in [3.63, 3.8) is 0 Å². The van der Waals surface area contributed by atoms with Crippen LogP contribution in [0.25, 0.3) is 0 Å². The first-order chi connectivity index (χ1) is 12.0. The summed E-state index contributed by atoms with van der Waals surface area (Å²) in [5.74, 6) is -2.16. The Morgan fingerprint density at radius 3 is 2.28 bits per heavy atom. The SMILES string of the molecule is CCOC(=O)CC1OCc2ccccc2CC1(C(=O)OC)C(=O)OC. The van der Waals surface area contributed by atoms with Crippen molar-refractivity contribution in [3.8, 4) is 0 Å². The van der Waals surface area contributed by atoms with Crippen molar-refractivity contribution in [2.45, 2.75) is 32.5 Å². The first-order valence-corrected chi connectivity index (χ1v) is 8.00. The minimum absolute atomic E-state index is 0.0204. The molecule has 1 unspecified atom stereocenters. The molecular formula is C18H22O7. The lowest BCUT2D eigenvalue weighted by molar-refractivity contribution is -0.183. The van der Waals surface area contributed by atoms with Crippen LogP contribution in [0.2, 0.25) is 0 Å². The maximum atomic E-state index is 12.6. The molecule has 1 aliphatic heterocycles. The van der Waals surface area contributed by atoms with Crippen molar-refractivity contribution in [2.75, 3.05) is 20.8 Å². The second-order valence-corrected chi connectivity index (χ2v) is 5.71. The number of fused-ring (bicyclic) bond motifs is 1. The van der Waals surface area contributed by atoms with Gasteiger partial charge in [0, 0.05) is 6.42 Å². The number of hydrogen-bond acceptors (Lipinski definition) is 7. The molecule has 25 heavy (non-hydrogen) atoms. The Balaban J connectivity index is 2.52. The molecular weight excluding hydrogens is 328 g/mol. The van der Waals surface area contributed by atoms with Crippen LogP contribution in [-0.2, 0) is 46.4 Å². The predicted molar refractivity (Wildman–Crippen MR) is 86.4 cm³/mol. The molecule has 0 radical (unpaired) electrons. The zero-order valence-corrected chi connectivity index (χ0v) is 14.6. The molecule has 0 N–H and O–H groups in total. The molecule has 136 valence electrons. The highest BCUT2D eigenvalue weighted by molar-refractivity contribution is 6.01. The number of carbonyl (C=O) groups excluding carboxylic acids is 3. The molecule has 1 aromatic rings. The van der Waals surface area contributed by atoms with Crippen LogP contribution in [0.3, 0.4) is 0 Å². The van der Waals surface area contributed by atoms with Crippen molar-refractivity contribution in [1.29, 1.82) is 0 Å². The number of rotatable bonds is 5. The van der Waals surface area contributed by atoms with Gasteiger partial charge in [-0.1, -0.05) is 24.3 Å². The minimum Gasteiger partial charge on any atom is -0.468 e. The van der Waals surface area contributed by atoms with Gasteiger partial charge in [0.1, 0.15) is 0 Å². The summed E-state index contributed by atoms with van der Waals surface area (Å²) in [5.41, 5.74) is -0.168. The lowest BCUT2D eigenvalue weighted by atomic mass is 9.75. The number of ether oxygens (including phenoxy) is 4. The van der Waals surface area contributed by atoms with E-state index in [1.807, 2.05) is 24.3 Å². The van der Waals surface area contributed by atoms with Crippen LogP contribution in [0.1, 0.15) is 24.5 Å². The fourth-order valence-corrected chi connectivity index (χ4v) is 3.08. The lowest BCUT2D eigenvalue weighted by Gasteiger charge is -2.33. The van der Waals surface area contributed by atoms with Gasteiger partial charge >= 0.3 is 17.9 Å². The Kier molecular flexibility index (Phi) is 6.14. The molecule has 7 heteroatoms. The molecule has 0 saturated heterocycles. The van der Waals surface area contributed by atoms with Crippen molar-refractivity contribution < 1.29 is 33.3 Å². The molecule has 1 aliphatic rings. The molecule has 0 spiro atoms. The largest absolute Gasteiger partial charge is 0.468 e. The Labute approximate surface area is 146 Å². The summed E-state index contributed by atoms with van der Waals surface area (Å²) in [6, 6.07) is 7.31. The Hall–Kier alpha value is -2.41. The first-order valence-electron chi connectivity index (χ1n) is 8.00. The van der Waals surface area contributed by atoms with Crippen LogP contribution in [0.15, 0.2) is 24.3 Å². The Bertz CT molecular complexity index is 637. The van der Waals surface area contributed by atoms with E-state index in [0.717, 1.165) is 11.1 Å². The number of esters is 3. The lowest BCUT2D eigenvalue weighted by Crippen LogP contribution is -2.53. The first kappa shape index (κ1) is 18.9. The highest BCUT2D eigenvalue weighted by atomic mass is 16.6. The molecule has 0 aromatic heterocycles. The average molecular weight is 350 g/mol. The highest BCUT2D eigenvalue weighted by Crippen LogP contribution is 2.38. The van der Waals surface area contributed by atoms with Gasteiger partial charge in [-0.05, 0) is 18.1 Å². The van der Waals surface area contributed by atoms with Gasteiger partial charge in [0.25, 0.3) is 0 Å². The van der Waals surface area contributed by atoms with Crippen LogP contribution in [-0.4, -0.2) is 44.8 Å². The third kappa shape index (κ3) is 3.66. The van der Waals surface area contributed by atoms with Gasteiger partial charge in [-0.25, -0.2) is 0 Å². The molecule has 1 atom stereocenters. The maximum absolute atomic E-state index is 12.6. The topological polar surface area (TPSA) is 88.1 Å². The van der Waals surface area contributed by atoms with Gasteiger partial charge in [0.15, 0.2) is 5.41 Å². The molecule has 1 aromatic carbocycles. The van der Waals surface area contributed by atoms with Crippen LogP contribution >= 0.6 is 0 Å². The zero-order valence-electron chi connectivity index (χ0n) is 14.6.